The van der Waals surface area contributed by atoms with Crippen molar-refractivity contribution >= 4 is 40.9 Å². The summed E-state index contributed by atoms with van der Waals surface area (Å²) in [7, 11) is 0. The van der Waals surface area contributed by atoms with Gasteiger partial charge in [0.15, 0.2) is 0 Å². The van der Waals surface area contributed by atoms with Gasteiger partial charge in [-0.25, -0.2) is 14.1 Å². The molecule has 0 spiro atoms. The smallest absolute Gasteiger partial charge is 0.340 e. The van der Waals surface area contributed by atoms with Crippen molar-refractivity contribution in [2.75, 3.05) is 16.8 Å². The monoisotopic (exact) mass is 490 g/mol. The number of benzene rings is 3. The summed E-state index contributed by atoms with van der Waals surface area (Å²) in [5, 5.41) is 2.98. The molecule has 8 heteroatoms. The third-order valence-electron chi connectivity index (χ3n) is 5.20. The highest BCUT2D eigenvalue weighted by Crippen LogP contribution is 2.39. The van der Waals surface area contributed by atoms with Gasteiger partial charge in [-0.3, -0.25) is 9.59 Å². The molecule has 6 nitrogen and oxygen atoms in total. The second kappa shape index (κ2) is 10.6. The lowest BCUT2D eigenvalue weighted by molar-refractivity contribution is -0.120. The number of anilines is 2. The van der Waals surface area contributed by atoms with E-state index in [0.717, 1.165) is 27.1 Å². The average molecular weight is 491 g/mol. The predicted octanol–water partition coefficient (Wildman–Crippen LogP) is 5.69. The molecule has 0 unspecified atom stereocenters. The number of amides is 2. The molecule has 0 aliphatic carbocycles. The summed E-state index contributed by atoms with van der Waals surface area (Å²) >= 11 is 1.14. The van der Waals surface area contributed by atoms with Crippen LogP contribution in [0.4, 0.5) is 15.8 Å². The lowest BCUT2D eigenvalue weighted by Gasteiger charge is -2.18. The predicted molar refractivity (Wildman–Crippen MR) is 134 cm³/mol. The summed E-state index contributed by atoms with van der Waals surface area (Å²) in [4.78, 5) is 41.8. The molecule has 3 aromatic carbocycles. The van der Waals surface area contributed by atoms with Crippen molar-refractivity contribution in [3.8, 4) is 0 Å². The van der Waals surface area contributed by atoms with Gasteiger partial charge in [-0.15, -0.1) is 0 Å². The number of halogens is 1. The van der Waals surface area contributed by atoms with E-state index in [4.69, 9.17) is 4.74 Å². The molecule has 4 rings (SSSR count). The minimum atomic E-state index is -0.621. The molecular weight excluding hydrogens is 467 g/mol. The Hall–Kier alpha value is -3.91. The highest BCUT2D eigenvalue weighted by Gasteiger charge is 2.41. The Balaban J connectivity index is 1.74. The number of para-hydroxylation sites is 1. The highest BCUT2D eigenvalue weighted by molar-refractivity contribution is 8.04. The summed E-state index contributed by atoms with van der Waals surface area (Å²) < 4.78 is 18.7. The van der Waals surface area contributed by atoms with Gasteiger partial charge in [0.2, 0.25) is 0 Å². The second-order valence-electron chi connectivity index (χ2n) is 7.85. The van der Waals surface area contributed by atoms with Crippen molar-refractivity contribution in [1.29, 1.82) is 0 Å². The number of nitrogens with one attached hydrogen (secondary N) is 1. The van der Waals surface area contributed by atoms with E-state index in [2.05, 4.69) is 5.32 Å². The Kier molecular flexibility index (Phi) is 7.31. The Morgan fingerprint density at radius 3 is 2.34 bits per heavy atom. The molecule has 35 heavy (non-hydrogen) atoms. The number of carbonyl (C=O) groups is 3. The largest absolute Gasteiger partial charge is 0.462 e. The number of esters is 1. The van der Waals surface area contributed by atoms with Crippen LogP contribution in [0, 0.1) is 12.7 Å². The van der Waals surface area contributed by atoms with Gasteiger partial charge in [0, 0.05) is 10.6 Å². The van der Waals surface area contributed by atoms with Crippen LogP contribution in [0.2, 0.25) is 0 Å². The first kappa shape index (κ1) is 24.2. The van der Waals surface area contributed by atoms with Gasteiger partial charge in [-0.2, -0.15) is 0 Å². The molecule has 1 heterocycles. The quantitative estimate of drug-likeness (QED) is 0.323. The Morgan fingerprint density at radius 2 is 1.66 bits per heavy atom. The third kappa shape index (κ3) is 5.27. The van der Waals surface area contributed by atoms with Crippen LogP contribution in [0.5, 0.6) is 0 Å². The normalized spacial score (nSPS) is 13.4. The van der Waals surface area contributed by atoms with Crippen molar-refractivity contribution < 1.29 is 23.5 Å². The minimum Gasteiger partial charge on any atom is -0.462 e. The number of nitrogens with zero attached hydrogens (tertiary/aromatic N) is 1. The van der Waals surface area contributed by atoms with E-state index in [1.165, 1.54) is 36.4 Å². The van der Waals surface area contributed by atoms with E-state index in [1.807, 2.05) is 38.1 Å². The SMILES string of the molecule is CCCOC(=O)c1ccccc1N1C(=O)C(Nc2ccc(F)cc2)=C(Sc2ccc(C)cc2)C1=O. The van der Waals surface area contributed by atoms with E-state index >= 15 is 0 Å². The van der Waals surface area contributed by atoms with Crippen molar-refractivity contribution in [2.24, 2.45) is 0 Å². The first-order chi connectivity index (χ1) is 16.9. The zero-order chi connectivity index (χ0) is 24.9. The third-order valence-corrected chi connectivity index (χ3v) is 6.29. The minimum absolute atomic E-state index is 0.0453. The van der Waals surface area contributed by atoms with Crippen LogP contribution in [-0.2, 0) is 14.3 Å². The van der Waals surface area contributed by atoms with E-state index in [-0.39, 0.29) is 28.5 Å². The Morgan fingerprint density at radius 1 is 0.971 bits per heavy atom. The number of hydrogen-bond donors (Lipinski definition) is 1. The summed E-state index contributed by atoms with van der Waals surface area (Å²) in [5.74, 6) is -2.23. The summed E-state index contributed by atoms with van der Waals surface area (Å²) in [6, 6.07) is 19.4. The van der Waals surface area contributed by atoms with Crippen LogP contribution >= 0.6 is 11.8 Å². The van der Waals surface area contributed by atoms with Crippen molar-refractivity contribution in [3.63, 3.8) is 0 Å². The van der Waals surface area contributed by atoms with Crippen LogP contribution in [0.1, 0.15) is 29.3 Å². The topological polar surface area (TPSA) is 75.7 Å². The maximum absolute atomic E-state index is 13.6. The number of thioether (sulfide) groups is 1. The molecule has 2 amide bonds. The summed E-state index contributed by atoms with van der Waals surface area (Å²) in [6.07, 6.45) is 0.639. The number of imide groups is 1. The molecule has 0 bridgehead atoms. The maximum atomic E-state index is 13.6. The summed E-state index contributed by atoms with van der Waals surface area (Å²) in [5.41, 5.74) is 1.81. The molecule has 3 aromatic rings. The molecule has 1 aliphatic heterocycles. The molecule has 0 saturated heterocycles. The van der Waals surface area contributed by atoms with Crippen LogP contribution < -0.4 is 10.2 Å². The van der Waals surface area contributed by atoms with Crippen molar-refractivity contribution in [3.05, 3.63) is 100 Å². The fourth-order valence-corrected chi connectivity index (χ4v) is 4.38. The van der Waals surface area contributed by atoms with Gasteiger partial charge in [0.1, 0.15) is 16.4 Å². The van der Waals surface area contributed by atoms with Crippen LogP contribution in [0.25, 0.3) is 0 Å². The number of carbonyl (C=O) groups excluding carboxylic acids is 3. The molecule has 0 aromatic heterocycles. The van der Waals surface area contributed by atoms with E-state index in [9.17, 15) is 18.8 Å². The number of ether oxygens (including phenoxy) is 1. The lowest BCUT2D eigenvalue weighted by Crippen LogP contribution is -2.33. The molecule has 1 aliphatic rings. The first-order valence-corrected chi connectivity index (χ1v) is 11.9. The van der Waals surface area contributed by atoms with E-state index < -0.39 is 23.6 Å². The zero-order valence-corrected chi connectivity index (χ0v) is 20.0. The standard InChI is InChI=1S/C27H23FN2O4S/c1-3-16-34-27(33)21-6-4-5-7-22(21)30-25(31)23(29-19-12-10-18(28)11-13-19)24(26(30)32)35-20-14-8-17(2)9-15-20/h4-15,29H,3,16H2,1-2H3. The van der Waals surface area contributed by atoms with Gasteiger partial charge >= 0.3 is 5.97 Å². The Bertz CT molecular complexity index is 1230. The fourth-order valence-electron chi connectivity index (χ4n) is 3.45. The van der Waals surface area contributed by atoms with Gasteiger partial charge in [-0.1, -0.05) is 48.5 Å². The Labute approximate surface area is 206 Å². The van der Waals surface area contributed by atoms with Gasteiger partial charge in [0.25, 0.3) is 11.8 Å². The lowest BCUT2D eigenvalue weighted by atomic mass is 10.1. The molecule has 0 atom stereocenters. The number of hydrogen-bond acceptors (Lipinski definition) is 6. The maximum Gasteiger partial charge on any atom is 0.340 e. The number of aryl methyl sites for hydroxylation is 1. The average Bonchev–Trinajstić information content (AvgIpc) is 3.09. The summed E-state index contributed by atoms with van der Waals surface area (Å²) in [6.45, 7) is 4.05. The van der Waals surface area contributed by atoms with Crippen LogP contribution in [0.15, 0.2) is 88.3 Å². The highest BCUT2D eigenvalue weighted by atomic mass is 32.2. The van der Waals surface area contributed by atoms with Gasteiger partial charge in [0.05, 0.1) is 17.9 Å². The molecule has 0 fully saturated rings. The van der Waals surface area contributed by atoms with Gasteiger partial charge in [-0.05, 0) is 61.9 Å². The zero-order valence-electron chi connectivity index (χ0n) is 19.2. The van der Waals surface area contributed by atoms with Crippen molar-refractivity contribution in [1.82, 2.24) is 0 Å². The number of rotatable bonds is 8. The second-order valence-corrected chi connectivity index (χ2v) is 8.93. The van der Waals surface area contributed by atoms with Crippen LogP contribution in [-0.4, -0.2) is 24.4 Å². The van der Waals surface area contributed by atoms with E-state index in [0.29, 0.717) is 12.1 Å². The first-order valence-electron chi connectivity index (χ1n) is 11.1. The molecule has 1 N–H and O–H groups in total. The van der Waals surface area contributed by atoms with Gasteiger partial charge < -0.3 is 10.1 Å². The fraction of sp³-hybridized carbons (Fsp3) is 0.148. The molecular formula is C27H23FN2O4S. The van der Waals surface area contributed by atoms with Crippen LogP contribution in [0.3, 0.4) is 0 Å². The molecule has 0 radical (unpaired) electrons. The van der Waals surface area contributed by atoms with Crippen molar-refractivity contribution in [2.45, 2.75) is 25.2 Å². The molecule has 0 saturated carbocycles. The van der Waals surface area contributed by atoms with E-state index in [1.54, 1.807) is 12.1 Å². The molecule has 178 valence electrons.